The van der Waals surface area contributed by atoms with E-state index in [2.05, 4.69) is 47.8 Å². The Kier molecular flexibility index (Phi) is 45.2. The van der Waals surface area contributed by atoms with Crippen LogP contribution in [-0.2, 0) is 158 Å². The maximum atomic E-state index is 14.3. The highest BCUT2D eigenvalue weighted by Gasteiger charge is 2.58. The van der Waals surface area contributed by atoms with Gasteiger partial charge >= 0.3 is 47.8 Å². The van der Waals surface area contributed by atoms with Crippen molar-refractivity contribution < 1.29 is 219 Å². The molecule has 0 bridgehead atoms. The Morgan fingerprint density at radius 1 is 0.492 bits per heavy atom. The van der Waals surface area contributed by atoms with Crippen LogP contribution in [0.15, 0.2) is 12.2 Å². The zero-order valence-electron chi connectivity index (χ0n) is 69.0. The highest BCUT2D eigenvalue weighted by molar-refractivity contribution is 7.99. The number of rotatable bonds is 49. The number of aliphatic hydroxyl groups is 11. The standard InChI is InChI=1S/C73H115N3O45S3/c1-10-73(28-105-48(85)11-14-122,29-106-49(86)12-15-123)30-107-50(87)13-16-124-27-32(4)65(97)102-24-38(84)26-103-66(98)61-58(52(89)51(88)33(5)108-61)113-69-40(75-35(7)81)18-44(47(22-79)110-69)119-121-72-56(93)54(91)59(62(116-72)67(99)104-25-37(83)23-101-64(96)31(2)3)114-70-41(76-36(8)82)19-43(46(21-78)111-70)118-120-71-55(92)53(90)57(60(115-71)63(94)95)112-68-39(74-34(6)80)17-42(117-100-9)45(20-77)109-68/h32-33,37-47,51-62,68-72,77-79,83-84,88-93,122-123H,2,10-30H2,1,3-9H3,(H,74,80)(H,75,81)(H,76,82)(H,94,95)/t32?,33?,37?,38?,39-,40-,41?,42-,43-,44-,45?,46?,47?,51?,52?,53?,54?,55?,56?,57+,58+,59+,60?,61?,62?,68-,69-,70-,71?,72?/m0/s1. The first-order valence-corrected chi connectivity index (χ1v) is 41.8. The van der Waals surface area contributed by atoms with Crippen molar-refractivity contribution in [2.24, 2.45) is 11.3 Å². The molecule has 48 nitrogen and oxygen atoms in total. The minimum absolute atomic E-state index is 0.0246. The van der Waals surface area contributed by atoms with Gasteiger partial charge < -0.3 is 153 Å². The second kappa shape index (κ2) is 52.5. The molecular formula is C73H115N3O45S3. The van der Waals surface area contributed by atoms with Gasteiger partial charge in [-0.1, -0.05) is 20.4 Å². The van der Waals surface area contributed by atoms with Crippen LogP contribution >= 0.6 is 37.0 Å². The second-order valence-electron chi connectivity index (χ2n) is 29.8. The molecule has 0 radical (unpaired) electrons. The number of thiol groups is 2. The molecule has 124 heavy (non-hydrogen) atoms. The van der Waals surface area contributed by atoms with Gasteiger partial charge in [-0.2, -0.15) is 37.0 Å². The Labute approximate surface area is 725 Å². The van der Waals surface area contributed by atoms with Gasteiger partial charge in [0.15, 0.2) is 37.2 Å². The summed E-state index contributed by atoms with van der Waals surface area (Å²) < 4.78 is 90.0. The predicted molar refractivity (Wildman–Crippen MR) is 412 cm³/mol. The number of aliphatic carboxylic acids is 1. The summed E-state index contributed by atoms with van der Waals surface area (Å²) in [6.07, 6.45) is -50.0. The van der Waals surface area contributed by atoms with Gasteiger partial charge in [-0.05, 0) is 20.3 Å². The predicted octanol–water partition coefficient (Wildman–Crippen LogP) is -7.06. The first-order chi connectivity index (χ1) is 58.8. The Morgan fingerprint density at radius 3 is 1.24 bits per heavy atom. The molecule has 6 saturated heterocycles. The molecule has 0 aromatic carbocycles. The van der Waals surface area contributed by atoms with E-state index in [1.54, 1.807) is 6.92 Å². The molecule has 0 spiro atoms. The van der Waals surface area contributed by atoms with E-state index in [0.717, 1.165) is 20.8 Å². The number of esters is 7. The number of carboxylic acid groups (broad SMARTS) is 1. The molecule has 0 aromatic heterocycles. The SMILES string of the molecule is C=C(C)C(=O)OCC(O)COC(=O)C1OC(OO[C@H]2C[C@H](NC(C)=O)[C@H](O[C@H]3C(C(=O)OCC(O)COC(=O)C(C)CSCCC(=O)OCC(CC)(COC(=O)CCS)COC(=O)CCS)OC(C)C(O)C3O)OC2CO)C(O)C(O)[C@H]1O[C@@H]1OC(CO)[C@@H](OOC2OC(C(=O)O)[C@H](O[C@@H]3OC(CO)[C@@H](OOC)C[C@@H]3NC(C)=O)C(O)C2O)CC1NC(C)=O. The third kappa shape index (κ3) is 31.9. The Balaban J connectivity index is 1.09. The number of carbonyl (C=O) groups is 11. The quantitative estimate of drug-likeness (QED) is 0.00512. The summed E-state index contributed by atoms with van der Waals surface area (Å²) in [5.74, 6) is -10.3. The van der Waals surface area contributed by atoms with E-state index in [-0.39, 0.29) is 74.1 Å². The first kappa shape index (κ1) is 107. The molecule has 3 amide bonds. The number of aliphatic hydroxyl groups excluding tert-OH is 11. The summed E-state index contributed by atoms with van der Waals surface area (Å²) >= 11 is 9.26. The minimum atomic E-state index is -2.40. The van der Waals surface area contributed by atoms with Crippen LogP contribution in [0.1, 0.15) is 93.4 Å². The lowest BCUT2D eigenvalue weighted by Gasteiger charge is -2.47. The fourth-order valence-electron chi connectivity index (χ4n) is 12.9. The van der Waals surface area contributed by atoms with Gasteiger partial charge in [0.2, 0.25) is 30.3 Å². The smallest absolute Gasteiger partial charge is 0.338 e. The molecule has 6 heterocycles. The Morgan fingerprint density at radius 2 is 0.863 bits per heavy atom. The topological polar surface area (TPSA) is 670 Å². The first-order valence-electron chi connectivity index (χ1n) is 39.4. The van der Waals surface area contributed by atoms with Crippen molar-refractivity contribution in [3.8, 4) is 0 Å². The van der Waals surface area contributed by atoms with Crippen LogP contribution in [0.2, 0.25) is 0 Å². The summed E-state index contributed by atoms with van der Waals surface area (Å²) in [4.78, 5) is 173. The van der Waals surface area contributed by atoms with Crippen LogP contribution < -0.4 is 16.0 Å². The van der Waals surface area contributed by atoms with Crippen molar-refractivity contribution in [1.29, 1.82) is 0 Å². The average molecular weight is 1850 g/mol. The number of hydrogen-bond donors (Lipinski definition) is 17. The van der Waals surface area contributed by atoms with Gasteiger partial charge in [0.05, 0.1) is 81.8 Å². The molecule has 30 atom stereocenters. The lowest BCUT2D eigenvalue weighted by atomic mass is 9.88. The molecule has 19 unspecified atom stereocenters. The normalized spacial score (nSPS) is 32.8. The molecular weight excluding hydrogens is 1730 g/mol. The van der Waals surface area contributed by atoms with Gasteiger partial charge in [-0.25, -0.2) is 48.5 Å². The molecule has 0 aliphatic carbocycles. The van der Waals surface area contributed by atoms with Gasteiger partial charge in [0, 0.05) is 68.6 Å². The monoisotopic (exact) mass is 1850 g/mol. The van der Waals surface area contributed by atoms with E-state index < -0.39 is 314 Å². The third-order valence-electron chi connectivity index (χ3n) is 19.8. The summed E-state index contributed by atoms with van der Waals surface area (Å²) in [6.45, 7) is 5.79. The van der Waals surface area contributed by atoms with E-state index in [9.17, 15) is 114 Å². The Bertz CT molecular complexity index is 3410. The van der Waals surface area contributed by atoms with Crippen molar-refractivity contribution in [3.05, 3.63) is 12.2 Å². The largest absolute Gasteiger partial charge is 0.479 e. The maximum absolute atomic E-state index is 14.3. The summed E-state index contributed by atoms with van der Waals surface area (Å²) in [6, 6.07) is -4.10. The van der Waals surface area contributed by atoms with Gasteiger partial charge in [-0.15, -0.1) is 0 Å². The number of nitrogens with one attached hydrogen (secondary N) is 3. The van der Waals surface area contributed by atoms with Crippen LogP contribution in [0.5, 0.6) is 0 Å². The highest BCUT2D eigenvalue weighted by atomic mass is 32.2. The molecule has 6 aliphatic rings. The van der Waals surface area contributed by atoms with Crippen molar-refractivity contribution in [3.63, 3.8) is 0 Å². The summed E-state index contributed by atoms with van der Waals surface area (Å²) in [5.41, 5.74) is -1.12. The van der Waals surface area contributed by atoms with Crippen molar-refractivity contribution in [2.45, 2.75) is 271 Å². The van der Waals surface area contributed by atoms with E-state index >= 15 is 0 Å². The van der Waals surface area contributed by atoms with Crippen LogP contribution in [0.25, 0.3) is 0 Å². The van der Waals surface area contributed by atoms with Crippen LogP contribution in [-0.4, -0.2) is 401 Å². The van der Waals surface area contributed by atoms with Crippen LogP contribution in [0, 0.1) is 11.3 Å². The number of thioether (sulfide) groups is 1. The second-order valence-corrected chi connectivity index (χ2v) is 31.9. The molecule has 0 aromatic rings. The van der Waals surface area contributed by atoms with Gasteiger partial charge in [-0.3, -0.25) is 33.6 Å². The number of carbonyl (C=O) groups excluding carboxylic acids is 10. The number of hydrogen-bond acceptors (Lipinski definition) is 47. The van der Waals surface area contributed by atoms with E-state index in [4.69, 9.17) is 105 Å². The highest BCUT2D eigenvalue weighted by Crippen LogP contribution is 2.37. The lowest BCUT2D eigenvalue weighted by molar-refractivity contribution is -0.461. The zero-order chi connectivity index (χ0) is 92.0. The Hall–Kier alpha value is -6.08. The van der Waals surface area contributed by atoms with Crippen LogP contribution in [0.3, 0.4) is 0 Å². The van der Waals surface area contributed by atoms with Gasteiger partial charge in [0.25, 0.3) is 0 Å². The van der Waals surface area contributed by atoms with Crippen molar-refractivity contribution in [2.75, 3.05) is 96.2 Å². The number of amides is 3. The van der Waals surface area contributed by atoms with E-state index in [1.807, 2.05) is 0 Å². The summed E-state index contributed by atoms with van der Waals surface area (Å²) in [7, 11) is 1.17. The summed E-state index contributed by atoms with van der Waals surface area (Å²) in [5, 5.41) is 140. The van der Waals surface area contributed by atoms with Crippen molar-refractivity contribution >= 4 is 102 Å². The third-order valence-corrected chi connectivity index (χ3v) is 21.5. The molecule has 6 rings (SSSR count). The molecule has 0 saturated carbocycles. The number of ether oxygens (including phenoxy) is 16. The van der Waals surface area contributed by atoms with E-state index in [1.165, 1.54) is 39.6 Å². The fourth-order valence-corrected chi connectivity index (χ4v) is 14.3. The number of carboxylic acids is 1. The molecule has 51 heteroatoms. The molecule has 6 aliphatic heterocycles. The minimum Gasteiger partial charge on any atom is -0.479 e. The van der Waals surface area contributed by atoms with Crippen LogP contribution in [0.4, 0.5) is 0 Å². The molecule has 15 N–H and O–H groups in total. The lowest BCUT2D eigenvalue weighted by Crippen LogP contribution is -2.65. The molecule has 6 fully saturated rings. The zero-order valence-corrected chi connectivity index (χ0v) is 71.6. The van der Waals surface area contributed by atoms with E-state index in [0.29, 0.717) is 6.42 Å². The van der Waals surface area contributed by atoms with Crippen molar-refractivity contribution in [1.82, 2.24) is 16.0 Å². The maximum Gasteiger partial charge on any atom is 0.338 e. The van der Waals surface area contributed by atoms with Gasteiger partial charge in [0.1, 0.15) is 150 Å². The fraction of sp³-hybridized carbons (Fsp3) is 0.822. The molecule has 710 valence electrons. The average Bonchev–Trinajstić information content (AvgIpc) is 0.779.